The number of anilines is 3. The Hall–Kier alpha value is -3.31. The zero-order valence-corrected chi connectivity index (χ0v) is 17.6. The number of aromatic nitrogens is 3. The Labute approximate surface area is 179 Å². The molecule has 31 heavy (non-hydrogen) atoms. The highest BCUT2D eigenvalue weighted by molar-refractivity contribution is 7.89. The van der Waals surface area contributed by atoms with Gasteiger partial charge in [0.05, 0.1) is 7.11 Å². The summed E-state index contributed by atoms with van der Waals surface area (Å²) in [5.41, 5.74) is 0. The molecule has 0 bridgehead atoms. The summed E-state index contributed by atoms with van der Waals surface area (Å²) in [6.45, 7) is 1.32. The maximum absolute atomic E-state index is 13.7. The van der Waals surface area contributed by atoms with E-state index in [4.69, 9.17) is 4.74 Å². The van der Waals surface area contributed by atoms with Gasteiger partial charge in [0.25, 0.3) is 0 Å². The van der Waals surface area contributed by atoms with Crippen molar-refractivity contribution in [1.29, 1.82) is 0 Å². The molecule has 0 spiro atoms. The van der Waals surface area contributed by atoms with Crippen molar-refractivity contribution in [2.75, 3.05) is 43.5 Å². The monoisotopic (exact) mass is 444 g/mol. The highest BCUT2D eigenvalue weighted by Crippen LogP contribution is 2.29. The van der Waals surface area contributed by atoms with E-state index in [0.29, 0.717) is 30.5 Å². The third-order valence-corrected chi connectivity index (χ3v) is 6.80. The van der Waals surface area contributed by atoms with Crippen molar-refractivity contribution < 1.29 is 17.5 Å². The van der Waals surface area contributed by atoms with Crippen LogP contribution in [0.2, 0.25) is 0 Å². The molecule has 1 aliphatic rings. The molecule has 4 rings (SSSR count). The van der Waals surface area contributed by atoms with E-state index in [1.165, 1.54) is 29.9 Å². The quantitative estimate of drug-likeness (QED) is 0.618. The molecule has 0 amide bonds. The molecular formula is C20H21FN6O3S. The molecule has 9 nitrogen and oxygen atoms in total. The molecule has 1 saturated heterocycles. The first kappa shape index (κ1) is 20.9. The van der Waals surface area contributed by atoms with Crippen LogP contribution >= 0.6 is 0 Å². The molecule has 2 aromatic heterocycles. The molecule has 11 heteroatoms. The second kappa shape index (κ2) is 8.82. The van der Waals surface area contributed by atoms with Crippen molar-refractivity contribution in [3.05, 3.63) is 60.8 Å². The van der Waals surface area contributed by atoms with Gasteiger partial charge in [-0.15, -0.1) is 0 Å². The second-order valence-corrected chi connectivity index (χ2v) is 8.69. The van der Waals surface area contributed by atoms with E-state index >= 15 is 0 Å². The first-order valence-corrected chi connectivity index (χ1v) is 11.0. The average molecular weight is 444 g/mol. The molecule has 0 radical (unpaired) electrons. The SMILES string of the molecule is COc1ccc(F)cc1S(=O)(=O)N1CCN(c2cc(Nc3ccccn3)ncn2)CC1. The number of benzene rings is 1. The van der Waals surface area contributed by atoms with E-state index in [0.717, 1.165) is 6.07 Å². The third kappa shape index (κ3) is 4.57. The van der Waals surface area contributed by atoms with Crippen LogP contribution in [0.1, 0.15) is 0 Å². The van der Waals surface area contributed by atoms with E-state index in [9.17, 15) is 12.8 Å². The Balaban J connectivity index is 1.47. The molecule has 0 aliphatic carbocycles. The van der Waals surface area contributed by atoms with Crippen LogP contribution < -0.4 is 15.0 Å². The number of piperazine rings is 1. The predicted molar refractivity (Wildman–Crippen MR) is 113 cm³/mol. The molecule has 1 aliphatic heterocycles. The van der Waals surface area contributed by atoms with Gasteiger partial charge < -0.3 is 15.0 Å². The fourth-order valence-electron chi connectivity index (χ4n) is 3.31. The second-order valence-electron chi connectivity index (χ2n) is 6.79. The number of sulfonamides is 1. The van der Waals surface area contributed by atoms with Crippen LogP contribution in [0.25, 0.3) is 0 Å². The van der Waals surface area contributed by atoms with Crippen LogP contribution in [0.15, 0.2) is 59.9 Å². The minimum absolute atomic E-state index is 0.116. The summed E-state index contributed by atoms with van der Waals surface area (Å²) >= 11 is 0. The van der Waals surface area contributed by atoms with Crippen molar-refractivity contribution in [3.8, 4) is 5.75 Å². The van der Waals surface area contributed by atoms with Gasteiger partial charge in [0, 0.05) is 38.4 Å². The summed E-state index contributed by atoms with van der Waals surface area (Å²) < 4.78 is 46.2. The lowest BCUT2D eigenvalue weighted by atomic mass is 10.3. The van der Waals surface area contributed by atoms with Gasteiger partial charge in [-0.1, -0.05) is 6.07 Å². The Kier molecular flexibility index (Phi) is 5.96. The predicted octanol–water partition coefficient (Wildman–Crippen LogP) is 2.27. The van der Waals surface area contributed by atoms with Gasteiger partial charge in [-0.05, 0) is 30.3 Å². The number of nitrogens with one attached hydrogen (secondary N) is 1. The zero-order chi connectivity index (χ0) is 21.8. The van der Waals surface area contributed by atoms with Crippen molar-refractivity contribution in [2.24, 2.45) is 0 Å². The molecule has 1 aromatic carbocycles. The highest BCUT2D eigenvalue weighted by Gasteiger charge is 2.31. The fourth-order valence-corrected chi connectivity index (χ4v) is 4.89. The zero-order valence-electron chi connectivity index (χ0n) is 16.8. The summed E-state index contributed by atoms with van der Waals surface area (Å²) in [6.07, 6.45) is 3.12. The number of hydrogen-bond donors (Lipinski definition) is 1. The molecule has 0 unspecified atom stereocenters. The Morgan fingerprint density at radius 1 is 1.00 bits per heavy atom. The largest absolute Gasteiger partial charge is 0.495 e. The summed E-state index contributed by atoms with van der Waals surface area (Å²) in [7, 11) is -2.54. The minimum Gasteiger partial charge on any atom is -0.495 e. The lowest BCUT2D eigenvalue weighted by molar-refractivity contribution is 0.372. The lowest BCUT2D eigenvalue weighted by Gasteiger charge is -2.34. The topological polar surface area (TPSA) is 101 Å². The molecule has 3 aromatic rings. The lowest BCUT2D eigenvalue weighted by Crippen LogP contribution is -2.49. The summed E-state index contributed by atoms with van der Waals surface area (Å²) in [6, 6.07) is 10.8. The smallest absolute Gasteiger partial charge is 0.246 e. The summed E-state index contributed by atoms with van der Waals surface area (Å²) in [5, 5.41) is 3.11. The van der Waals surface area contributed by atoms with Gasteiger partial charge in [-0.3, -0.25) is 0 Å². The van der Waals surface area contributed by atoms with E-state index in [1.807, 2.05) is 23.1 Å². The third-order valence-electron chi connectivity index (χ3n) is 4.88. The van der Waals surface area contributed by atoms with Gasteiger partial charge in [-0.25, -0.2) is 27.8 Å². The van der Waals surface area contributed by atoms with E-state index < -0.39 is 15.8 Å². The average Bonchev–Trinajstić information content (AvgIpc) is 2.80. The van der Waals surface area contributed by atoms with Crippen molar-refractivity contribution in [3.63, 3.8) is 0 Å². The van der Waals surface area contributed by atoms with Crippen LogP contribution in [0, 0.1) is 5.82 Å². The summed E-state index contributed by atoms with van der Waals surface area (Å²) in [5.74, 6) is 1.40. The van der Waals surface area contributed by atoms with Gasteiger partial charge in [0.2, 0.25) is 10.0 Å². The Morgan fingerprint density at radius 3 is 2.52 bits per heavy atom. The van der Waals surface area contributed by atoms with Crippen molar-refractivity contribution >= 4 is 27.5 Å². The van der Waals surface area contributed by atoms with E-state index in [2.05, 4.69) is 20.3 Å². The number of pyridine rings is 1. The number of ether oxygens (including phenoxy) is 1. The van der Waals surface area contributed by atoms with Crippen LogP contribution in [0.4, 0.5) is 21.8 Å². The number of halogens is 1. The fraction of sp³-hybridized carbons (Fsp3) is 0.250. The highest BCUT2D eigenvalue weighted by atomic mass is 32.2. The van der Waals surface area contributed by atoms with E-state index in [-0.39, 0.29) is 23.7 Å². The molecular weight excluding hydrogens is 423 g/mol. The normalized spacial score (nSPS) is 15.0. The van der Waals surface area contributed by atoms with Crippen molar-refractivity contribution in [2.45, 2.75) is 4.90 Å². The van der Waals surface area contributed by atoms with Gasteiger partial charge >= 0.3 is 0 Å². The minimum atomic E-state index is -3.89. The Bertz CT molecular complexity index is 1150. The maximum Gasteiger partial charge on any atom is 0.246 e. The summed E-state index contributed by atoms with van der Waals surface area (Å²) in [4.78, 5) is 14.5. The van der Waals surface area contributed by atoms with Gasteiger partial charge in [0.15, 0.2) is 0 Å². The van der Waals surface area contributed by atoms with Crippen LogP contribution in [-0.2, 0) is 10.0 Å². The van der Waals surface area contributed by atoms with E-state index in [1.54, 1.807) is 12.3 Å². The number of hydrogen-bond acceptors (Lipinski definition) is 8. The number of nitrogens with zero attached hydrogens (tertiary/aromatic N) is 5. The standard InChI is InChI=1S/C20H21FN6O3S/c1-30-16-6-5-15(21)12-17(16)31(28,29)27-10-8-26(9-11-27)20-13-19(23-14-24-20)25-18-4-2-3-7-22-18/h2-7,12-14H,8-11H2,1H3,(H,22,23,24,25). The first-order chi connectivity index (χ1) is 15.0. The first-order valence-electron chi connectivity index (χ1n) is 9.56. The van der Waals surface area contributed by atoms with Gasteiger partial charge in [-0.2, -0.15) is 4.31 Å². The van der Waals surface area contributed by atoms with Crippen LogP contribution in [-0.4, -0.2) is 61.0 Å². The maximum atomic E-state index is 13.7. The van der Waals surface area contributed by atoms with Crippen LogP contribution in [0.5, 0.6) is 5.75 Å². The molecule has 3 heterocycles. The van der Waals surface area contributed by atoms with Crippen molar-refractivity contribution in [1.82, 2.24) is 19.3 Å². The number of rotatable bonds is 6. The molecule has 0 atom stereocenters. The molecule has 1 fully saturated rings. The Morgan fingerprint density at radius 2 is 1.81 bits per heavy atom. The van der Waals surface area contributed by atoms with Crippen LogP contribution in [0.3, 0.4) is 0 Å². The molecule has 1 N–H and O–H groups in total. The number of methoxy groups -OCH3 is 1. The van der Waals surface area contributed by atoms with Gasteiger partial charge in [0.1, 0.15) is 40.2 Å². The molecule has 162 valence electrons. The molecule has 0 saturated carbocycles.